The van der Waals surface area contributed by atoms with Gasteiger partial charge < -0.3 is 18.6 Å². The molecule has 1 aromatic carbocycles. The predicted molar refractivity (Wildman–Crippen MR) is 78.3 cm³/mol. The number of esters is 1. The molecule has 2 heterocycles. The number of hydrogen-bond donors (Lipinski definition) is 0. The summed E-state index contributed by atoms with van der Waals surface area (Å²) in [6.07, 6.45) is 0. The van der Waals surface area contributed by atoms with Gasteiger partial charge in [0.1, 0.15) is 36.0 Å². The standard InChI is InChI=1S/C15H13BrO5/c1-8-13(14(16)9(2)20-8)15(17)21-10-3-4-11-12(7-10)19-6-5-18-11/h3-4,7H,5-6H2,1-2H3. The molecule has 0 radical (unpaired) electrons. The summed E-state index contributed by atoms with van der Waals surface area (Å²) in [6, 6.07) is 5.03. The summed E-state index contributed by atoms with van der Waals surface area (Å²) in [5.74, 6) is 2.30. The van der Waals surface area contributed by atoms with E-state index in [1.807, 2.05) is 0 Å². The van der Waals surface area contributed by atoms with Crippen LogP contribution in [0.5, 0.6) is 17.2 Å². The number of ether oxygens (including phenoxy) is 3. The monoisotopic (exact) mass is 352 g/mol. The average molecular weight is 353 g/mol. The lowest BCUT2D eigenvalue weighted by atomic mass is 10.2. The van der Waals surface area contributed by atoms with Crippen LogP contribution in [0.15, 0.2) is 27.1 Å². The normalized spacial score (nSPS) is 13.1. The molecule has 1 aromatic heterocycles. The molecule has 6 heteroatoms. The Labute approximate surface area is 129 Å². The first-order valence-electron chi connectivity index (χ1n) is 6.43. The van der Waals surface area contributed by atoms with Crippen LogP contribution in [-0.2, 0) is 0 Å². The van der Waals surface area contributed by atoms with Crippen molar-refractivity contribution >= 4 is 21.9 Å². The minimum absolute atomic E-state index is 0.391. The van der Waals surface area contributed by atoms with Crippen LogP contribution in [0.25, 0.3) is 0 Å². The smallest absolute Gasteiger partial charge is 0.348 e. The van der Waals surface area contributed by atoms with Gasteiger partial charge in [0.2, 0.25) is 0 Å². The summed E-state index contributed by atoms with van der Waals surface area (Å²) in [6.45, 7) is 4.50. The third kappa shape index (κ3) is 2.63. The highest BCUT2D eigenvalue weighted by Crippen LogP contribution is 2.34. The zero-order valence-electron chi connectivity index (χ0n) is 11.6. The van der Waals surface area contributed by atoms with Crippen LogP contribution < -0.4 is 14.2 Å². The second-order valence-electron chi connectivity index (χ2n) is 4.60. The molecule has 0 unspecified atom stereocenters. The zero-order valence-corrected chi connectivity index (χ0v) is 13.2. The molecule has 0 spiro atoms. The maximum Gasteiger partial charge on any atom is 0.348 e. The molecule has 2 aromatic rings. The zero-order chi connectivity index (χ0) is 15.0. The molecule has 5 nitrogen and oxygen atoms in total. The largest absolute Gasteiger partial charge is 0.486 e. The summed E-state index contributed by atoms with van der Waals surface area (Å²) in [4.78, 5) is 12.3. The molecule has 0 saturated heterocycles. The Morgan fingerprint density at radius 1 is 1.14 bits per heavy atom. The van der Waals surface area contributed by atoms with Gasteiger partial charge in [-0.3, -0.25) is 0 Å². The van der Waals surface area contributed by atoms with Gasteiger partial charge >= 0.3 is 5.97 Å². The van der Waals surface area contributed by atoms with Crippen molar-refractivity contribution in [2.75, 3.05) is 13.2 Å². The third-order valence-electron chi connectivity index (χ3n) is 3.12. The maximum absolute atomic E-state index is 12.3. The van der Waals surface area contributed by atoms with Crippen molar-refractivity contribution in [2.45, 2.75) is 13.8 Å². The fraction of sp³-hybridized carbons (Fsp3) is 0.267. The number of fused-ring (bicyclic) bond motifs is 1. The van der Waals surface area contributed by atoms with Crippen LogP contribution in [0.2, 0.25) is 0 Å². The highest BCUT2D eigenvalue weighted by atomic mass is 79.9. The van der Waals surface area contributed by atoms with E-state index in [9.17, 15) is 4.79 Å². The number of furan rings is 1. The van der Waals surface area contributed by atoms with Crippen molar-refractivity contribution in [3.8, 4) is 17.2 Å². The molecular weight excluding hydrogens is 340 g/mol. The molecule has 0 saturated carbocycles. The summed E-state index contributed by atoms with van der Waals surface area (Å²) < 4.78 is 22.3. The molecule has 21 heavy (non-hydrogen) atoms. The first kappa shape index (κ1) is 14.0. The number of aryl methyl sites for hydroxylation is 2. The van der Waals surface area contributed by atoms with Crippen molar-refractivity contribution in [3.05, 3.63) is 39.8 Å². The molecule has 0 bridgehead atoms. The first-order valence-corrected chi connectivity index (χ1v) is 7.23. The van der Waals surface area contributed by atoms with Gasteiger partial charge in [0.25, 0.3) is 0 Å². The second-order valence-corrected chi connectivity index (χ2v) is 5.39. The van der Waals surface area contributed by atoms with Crippen LogP contribution in [0.4, 0.5) is 0 Å². The van der Waals surface area contributed by atoms with E-state index in [1.165, 1.54) is 0 Å². The first-order chi connectivity index (χ1) is 10.1. The van der Waals surface area contributed by atoms with E-state index in [0.29, 0.717) is 52.0 Å². The minimum atomic E-state index is -0.479. The Hall–Kier alpha value is -1.95. The van der Waals surface area contributed by atoms with Gasteiger partial charge in [-0.05, 0) is 41.9 Å². The van der Waals surface area contributed by atoms with Gasteiger partial charge in [-0.25, -0.2) is 4.79 Å². The lowest BCUT2D eigenvalue weighted by Crippen LogP contribution is -2.15. The number of benzene rings is 1. The second kappa shape index (κ2) is 5.44. The molecular formula is C15H13BrO5. The Bertz CT molecular complexity index is 704. The van der Waals surface area contributed by atoms with Gasteiger partial charge in [-0.15, -0.1) is 0 Å². The Balaban J connectivity index is 1.84. The van der Waals surface area contributed by atoms with Crippen molar-refractivity contribution in [2.24, 2.45) is 0 Å². The average Bonchev–Trinajstić information content (AvgIpc) is 2.72. The SMILES string of the molecule is Cc1oc(C)c(C(=O)Oc2ccc3c(c2)OCCO3)c1Br. The van der Waals surface area contributed by atoms with Gasteiger partial charge in [0.05, 0.1) is 4.47 Å². The quantitative estimate of drug-likeness (QED) is 0.609. The van der Waals surface area contributed by atoms with Gasteiger partial charge in [-0.1, -0.05) is 0 Å². The van der Waals surface area contributed by atoms with Crippen LogP contribution in [-0.4, -0.2) is 19.2 Å². The lowest BCUT2D eigenvalue weighted by Gasteiger charge is -2.18. The fourth-order valence-corrected chi connectivity index (χ4v) is 2.66. The van der Waals surface area contributed by atoms with E-state index in [-0.39, 0.29) is 0 Å². The molecule has 1 aliphatic rings. The summed E-state index contributed by atoms with van der Waals surface area (Å²) in [7, 11) is 0. The van der Waals surface area contributed by atoms with Crippen molar-refractivity contribution in [1.29, 1.82) is 0 Å². The molecule has 3 rings (SSSR count). The molecule has 1 aliphatic heterocycles. The van der Waals surface area contributed by atoms with E-state index >= 15 is 0 Å². The van der Waals surface area contributed by atoms with E-state index in [2.05, 4.69) is 15.9 Å². The molecule has 0 atom stereocenters. The molecule has 0 N–H and O–H groups in total. The summed E-state index contributed by atoms with van der Waals surface area (Å²) in [5.41, 5.74) is 0.391. The van der Waals surface area contributed by atoms with Gasteiger partial charge in [-0.2, -0.15) is 0 Å². The lowest BCUT2D eigenvalue weighted by molar-refractivity contribution is 0.0731. The Kier molecular flexibility index (Phi) is 3.63. The number of hydrogen-bond acceptors (Lipinski definition) is 5. The number of rotatable bonds is 2. The van der Waals surface area contributed by atoms with E-state index in [0.717, 1.165) is 0 Å². The summed E-state index contributed by atoms with van der Waals surface area (Å²) >= 11 is 3.34. The molecule has 0 amide bonds. The third-order valence-corrected chi connectivity index (χ3v) is 4.07. The molecule has 110 valence electrons. The van der Waals surface area contributed by atoms with Crippen molar-refractivity contribution in [1.82, 2.24) is 0 Å². The van der Waals surface area contributed by atoms with Crippen LogP contribution in [0.1, 0.15) is 21.9 Å². The number of halogens is 1. The Morgan fingerprint density at radius 3 is 2.52 bits per heavy atom. The van der Waals surface area contributed by atoms with E-state index < -0.39 is 5.97 Å². The highest BCUT2D eigenvalue weighted by molar-refractivity contribution is 9.10. The van der Waals surface area contributed by atoms with E-state index in [1.54, 1.807) is 32.0 Å². The highest BCUT2D eigenvalue weighted by Gasteiger charge is 2.22. The Morgan fingerprint density at radius 2 is 1.86 bits per heavy atom. The topological polar surface area (TPSA) is 57.9 Å². The number of carbonyl (C=O) groups is 1. The van der Waals surface area contributed by atoms with E-state index in [4.69, 9.17) is 18.6 Å². The van der Waals surface area contributed by atoms with Crippen molar-refractivity contribution in [3.63, 3.8) is 0 Å². The predicted octanol–water partition coefficient (Wildman–Crippen LogP) is 3.65. The number of carbonyl (C=O) groups excluding carboxylic acids is 1. The van der Waals surface area contributed by atoms with Crippen LogP contribution >= 0.6 is 15.9 Å². The molecule has 0 fully saturated rings. The fourth-order valence-electron chi connectivity index (χ4n) is 2.13. The van der Waals surface area contributed by atoms with Gasteiger partial charge in [0.15, 0.2) is 11.5 Å². The maximum atomic E-state index is 12.3. The minimum Gasteiger partial charge on any atom is -0.486 e. The molecule has 0 aliphatic carbocycles. The van der Waals surface area contributed by atoms with Crippen molar-refractivity contribution < 1.29 is 23.4 Å². The van der Waals surface area contributed by atoms with Crippen LogP contribution in [0.3, 0.4) is 0 Å². The summed E-state index contributed by atoms with van der Waals surface area (Å²) in [5, 5.41) is 0. The van der Waals surface area contributed by atoms with Crippen LogP contribution in [0, 0.1) is 13.8 Å². The van der Waals surface area contributed by atoms with Gasteiger partial charge in [0, 0.05) is 6.07 Å².